The average Bonchev–Trinajstić information content (AvgIpc) is 2.68. The molecule has 1 unspecified atom stereocenters. The molecule has 0 saturated carbocycles. The first kappa shape index (κ1) is 16.8. The van der Waals surface area contributed by atoms with Crippen LogP contribution < -0.4 is 10.5 Å². The van der Waals surface area contributed by atoms with Gasteiger partial charge in [0.05, 0.1) is 5.39 Å². The van der Waals surface area contributed by atoms with E-state index >= 15 is 0 Å². The number of aryl methyl sites for hydroxylation is 1. The molecule has 26 heavy (non-hydrogen) atoms. The Hall–Kier alpha value is -2.69. The number of anilines is 1. The van der Waals surface area contributed by atoms with Crippen molar-refractivity contribution in [1.29, 1.82) is 0 Å². The maximum atomic E-state index is 12.9. The van der Waals surface area contributed by atoms with Crippen LogP contribution >= 0.6 is 0 Å². The molecule has 5 nitrogen and oxygen atoms in total. The van der Waals surface area contributed by atoms with Gasteiger partial charge in [0.1, 0.15) is 0 Å². The molecule has 5 heteroatoms. The van der Waals surface area contributed by atoms with Gasteiger partial charge in [-0.15, -0.1) is 0 Å². The van der Waals surface area contributed by atoms with E-state index in [1.54, 1.807) is 6.20 Å². The summed E-state index contributed by atoms with van der Waals surface area (Å²) < 4.78 is 0. The molecule has 4 rings (SSSR count). The second-order valence-corrected chi connectivity index (χ2v) is 7.06. The molecule has 0 spiro atoms. The highest BCUT2D eigenvalue weighted by Crippen LogP contribution is 2.27. The molecule has 2 aromatic heterocycles. The van der Waals surface area contributed by atoms with E-state index in [0.29, 0.717) is 23.0 Å². The molecule has 0 bridgehead atoms. The van der Waals surface area contributed by atoms with Crippen molar-refractivity contribution < 1.29 is 0 Å². The maximum Gasteiger partial charge on any atom is 0.262 e. The fourth-order valence-corrected chi connectivity index (χ4v) is 3.87. The maximum absolute atomic E-state index is 12.9. The Balaban J connectivity index is 1.84. The lowest BCUT2D eigenvalue weighted by atomic mass is 10.0. The van der Waals surface area contributed by atoms with E-state index in [1.807, 2.05) is 18.2 Å². The standard InChI is InChI=1S/C21H24N4O/c1-3-16-6-4-5-13-25(16)21-23-19-18(20(26)24-21)17(11-12-22-19)15-9-7-14(2)8-10-15/h7-12,16H,3-6,13H2,1-2H3,(H,22,23,24,26). The summed E-state index contributed by atoms with van der Waals surface area (Å²) >= 11 is 0. The largest absolute Gasteiger partial charge is 0.339 e. The van der Waals surface area contributed by atoms with Gasteiger partial charge >= 0.3 is 0 Å². The lowest BCUT2D eigenvalue weighted by molar-refractivity contribution is 0.443. The summed E-state index contributed by atoms with van der Waals surface area (Å²) in [5.74, 6) is 0.655. The summed E-state index contributed by atoms with van der Waals surface area (Å²) in [5, 5.41) is 0.560. The Morgan fingerprint density at radius 2 is 2.00 bits per heavy atom. The van der Waals surface area contributed by atoms with Gasteiger partial charge in [-0.05, 0) is 49.8 Å². The van der Waals surface area contributed by atoms with Crippen LogP contribution in [-0.2, 0) is 0 Å². The fourth-order valence-electron chi connectivity index (χ4n) is 3.87. The molecule has 0 aliphatic carbocycles. The Bertz CT molecular complexity index is 977. The minimum absolute atomic E-state index is 0.117. The SMILES string of the molecule is CCC1CCCCN1c1nc2nccc(-c3ccc(C)cc3)c2c(=O)[nH]1. The van der Waals surface area contributed by atoms with E-state index in [1.165, 1.54) is 12.0 Å². The van der Waals surface area contributed by atoms with Gasteiger partial charge in [-0.25, -0.2) is 4.98 Å². The highest BCUT2D eigenvalue weighted by molar-refractivity contribution is 5.92. The Kier molecular flexibility index (Phi) is 4.45. The number of nitrogens with zero attached hydrogens (tertiary/aromatic N) is 3. The molecule has 0 radical (unpaired) electrons. The van der Waals surface area contributed by atoms with Gasteiger partial charge in [0.15, 0.2) is 5.65 Å². The minimum atomic E-state index is -0.117. The smallest absolute Gasteiger partial charge is 0.262 e. The molecule has 1 N–H and O–H groups in total. The molecule has 3 aromatic rings. The van der Waals surface area contributed by atoms with E-state index < -0.39 is 0 Å². The molecule has 134 valence electrons. The third-order valence-electron chi connectivity index (χ3n) is 5.33. The van der Waals surface area contributed by atoms with Crippen molar-refractivity contribution in [3.8, 4) is 11.1 Å². The molecule has 1 aliphatic rings. The number of hydrogen-bond acceptors (Lipinski definition) is 4. The van der Waals surface area contributed by atoms with Crippen LogP contribution in [0.5, 0.6) is 0 Å². The van der Waals surface area contributed by atoms with Gasteiger partial charge in [0.2, 0.25) is 5.95 Å². The van der Waals surface area contributed by atoms with Gasteiger partial charge in [0.25, 0.3) is 5.56 Å². The lowest BCUT2D eigenvalue weighted by Crippen LogP contribution is -2.41. The zero-order valence-electron chi connectivity index (χ0n) is 15.3. The number of H-pyrrole nitrogens is 1. The van der Waals surface area contributed by atoms with Crippen LogP contribution in [0.2, 0.25) is 0 Å². The zero-order chi connectivity index (χ0) is 18.1. The number of aromatic amines is 1. The number of pyridine rings is 1. The molecule has 1 aromatic carbocycles. The molecule has 1 saturated heterocycles. The van der Waals surface area contributed by atoms with Gasteiger partial charge in [0, 0.05) is 18.8 Å². The number of piperidine rings is 1. The monoisotopic (exact) mass is 348 g/mol. The van der Waals surface area contributed by atoms with Crippen molar-refractivity contribution >= 4 is 17.0 Å². The quantitative estimate of drug-likeness (QED) is 0.775. The van der Waals surface area contributed by atoms with Crippen molar-refractivity contribution in [2.45, 2.75) is 45.6 Å². The normalized spacial score (nSPS) is 17.6. The second kappa shape index (κ2) is 6.90. The third kappa shape index (κ3) is 2.98. The van der Waals surface area contributed by atoms with Gasteiger partial charge in [-0.3, -0.25) is 9.78 Å². The van der Waals surface area contributed by atoms with Crippen molar-refractivity contribution in [3.63, 3.8) is 0 Å². The number of benzene rings is 1. The first-order chi connectivity index (χ1) is 12.7. The van der Waals surface area contributed by atoms with Crippen LogP contribution in [0.3, 0.4) is 0 Å². The summed E-state index contributed by atoms with van der Waals surface area (Å²) in [6.07, 6.45) is 6.31. The number of rotatable bonds is 3. The topological polar surface area (TPSA) is 61.9 Å². The third-order valence-corrected chi connectivity index (χ3v) is 5.33. The van der Waals surface area contributed by atoms with Crippen LogP contribution in [0.15, 0.2) is 41.3 Å². The summed E-state index contributed by atoms with van der Waals surface area (Å²) in [6, 6.07) is 10.5. The summed E-state index contributed by atoms with van der Waals surface area (Å²) in [4.78, 5) is 27.3. The summed E-state index contributed by atoms with van der Waals surface area (Å²) in [6.45, 7) is 5.18. The van der Waals surface area contributed by atoms with Crippen LogP contribution in [0.4, 0.5) is 5.95 Å². The molecule has 1 atom stereocenters. The predicted molar refractivity (Wildman–Crippen MR) is 106 cm³/mol. The number of nitrogens with one attached hydrogen (secondary N) is 1. The molecule has 0 amide bonds. The zero-order valence-corrected chi connectivity index (χ0v) is 15.3. The molecule has 3 heterocycles. The molecular formula is C21H24N4O. The van der Waals surface area contributed by atoms with E-state index in [2.05, 4.69) is 40.8 Å². The van der Waals surface area contributed by atoms with Gasteiger partial charge < -0.3 is 4.90 Å². The van der Waals surface area contributed by atoms with Crippen LogP contribution in [-0.4, -0.2) is 27.5 Å². The van der Waals surface area contributed by atoms with Crippen LogP contribution in [0, 0.1) is 6.92 Å². The number of hydrogen-bond donors (Lipinski definition) is 1. The minimum Gasteiger partial charge on any atom is -0.339 e. The summed E-state index contributed by atoms with van der Waals surface area (Å²) in [7, 11) is 0. The Morgan fingerprint density at radius 1 is 1.19 bits per heavy atom. The van der Waals surface area contributed by atoms with Gasteiger partial charge in [-0.1, -0.05) is 36.8 Å². The first-order valence-electron chi connectivity index (χ1n) is 9.40. The highest BCUT2D eigenvalue weighted by Gasteiger charge is 2.24. The van der Waals surface area contributed by atoms with Crippen LogP contribution in [0.25, 0.3) is 22.2 Å². The van der Waals surface area contributed by atoms with E-state index in [-0.39, 0.29) is 5.56 Å². The first-order valence-corrected chi connectivity index (χ1v) is 9.40. The van der Waals surface area contributed by atoms with Crippen LogP contribution in [0.1, 0.15) is 38.2 Å². The highest BCUT2D eigenvalue weighted by atomic mass is 16.1. The van der Waals surface area contributed by atoms with Crippen molar-refractivity contribution in [2.75, 3.05) is 11.4 Å². The van der Waals surface area contributed by atoms with Crippen molar-refractivity contribution in [2.24, 2.45) is 0 Å². The molecule has 1 fully saturated rings. The van der Waals surface area contributed by atoms with Crippen molar-refractivity contribution in [3.05, 3.63) is 52.4 Å². The van der Waals surface area contributed by atoms with Gasteiger partial charge in [-0.2, -0.15) is 4.98 Å². The Labute approximate surface area is 153 Å². The fraction of sp³-hybridized carbons (Fsp3) is 0.381. The predicted octanol–water partition coefficient (Wildman–Crippen LogP) is 4.06. The Morgan fingerprint density at radius 3 is 2.77 bits per heavy atom. The number of fused-ring (bicyclic) bond motifs is 1. The molecular weight excluding hydrogens is 324 g/mol. The van der Waals surface area contributed by atoms with E-state index in [0.717, 1.165) is 36.9 Å². The van der Waals surface area contributed by atoms with E-state index in [4.69, 9.17) is 4.98 Å². The second-order valence-electron chi connectivity index (χ2n) is 7.06. The molecule has 1 aliphatic heterocycles. The lowest BCUT2D eigenvalue weighted by Gasteiger charge is -2.35. The van der Waals surface area contributed by atoms with E-state index in [9.17, 15) is 4.79 Å². The average molecular weight is 348 g/mol. The number of aromatic nitrogens is 3. The summed E-state index contributed by atoms with van der Waals surface area (Å²) in [5.41, 5.74) is 3.47. The van der Waals surface area contributed by atoms with Crippen molar-refractivity contribution in [1.82, 2.24) is 15.0 Å².